The zero-order valence-corrected chi connectivity index (χ0v) is 15.9. The Balaban J connectivity index is 2.10. The van der Waals surface area contributed by atoms with Gasteiger partial charge in [-0.1, -0.05) is 0 Å². The first-order chi connectivity index (χ1) is 12.5. The molecule has 0 spiro atoms. The van der Waals surface area contributed by atoms with Crippen LogP contribution in [0.3, 0.4) is 0 Å². The summed E-state index contributed by atoms with van der Waals surface area (Å²) in [7, 11) is 4.61. The van der Waals surface area contributed by atoms with Crippen LogP contribution in [0.5, 0.6) is 17.2 Å². The third-order valence-corrected chi connectivity index (χ3v) is 4.47. The molecule has 26 heavy (non-hydrogen) atoms. The minimum absolute atomic E-state index is 0.0340. The molecular weight excluding hydrogens is 338 g/mol. The molecule has 0 aliphatic carbocycles. The van der Waals surface area contributed by atoms with E-state index >= 15 is 0 Å². The zero-order valence-electron chi connectivity index (χ0n) is 15.9. The molecule has 0 N–H and O–H groups in total. The normalized spacial score (nSPS) is 16.8. The zero-order chi connectivity index (χ0) is 19.1. The topological polar surface area (TPSA) is 74.3 Å². The van der Waals surface area contributed by atoms with Crippen molar-refractivity contribution >= 4 is 11.9 Å². The fraction of sp³-hybridized carbons (Fsp3) is 0.579. The largest absolute Gasteiger partial charge is 0.493 e. The number of likely N-dealkylation sites (tertiary alicyclic amines) is 1. The number of nitrogens with zero attached hydrogens (tertiary/aromatic N) is 1. The Bertz CT molecular complexity index is 620. The molecular formula is C19H27NO6. The molecule has 0 bridgehead atoms. The summed E-state index contributed by atoms with van der Waals surface area (Å²) in [6, 6.07) is 3.54. The van der Waals surface area contributed by atoms with E-state index in [1.807, 2.05) is 0 Å². The SMILES string of the molecule is CCOC(=O)[C@H]1CCCN(C(=O)Cc2cc(OC)c(OC)c(OC)c2)C1. The van der Waals surface area contributed by atoms with Crippen LogP contribution in [0, 0.1) is 5.92 Å². The second-order valence-corrected chi connectivity index (χ2v) is 6.14. The van der Waals surface area contributed by atoms with E-state index < -0.39 is 0 Å². The van der Waals surface area contributed by atoms with Crippen molar-refractivity contribution in [2.45, 2.75) is 26.2 Å². The average Bonchev–Trinajstić information content (AvgIpc) is 2.67. The molecule has 0 radical (unpaired) electrons. The summed E-state index contributed by atoms with van der Waals surface area (Å²) in [5, 5.41) is 0. The minimum Gasteiger partial charge on any atom is -0.493 e. The van der Waals surface area contributed by atoms with Gasteiger partial charge in [-0.2, -0.15) is 0 Å². The van der Waals surface area contributed by atoms with Crippen LogP contribution in [0.2, 0.25) is 0 Å². The minimum atomic E-state index is -0.243. The highest BCUT2D eigenvalue weighted by Crippen LogP contribution is 2.38. The summed E-state index contributed by atoms with van der Waals surface area (Å²) in [6.07, 6.45) is 1.75. The van der Waals surface area contributed by atoms with E-state index in [2.05, 4.69) is 0 Å². The summed E-state index contributed by atoms with van der Waals surface area (Å²) in [4.78, 5) is 26.4. The highest BCUT2D eigenvalue weighted by molar-refractivity contribution is 5.81. The summed E-state index contributed by atoms with van der Waals surface area (Å²) >= 11 is 0. The molecule has 0 aromatic heterocycles. The summed E-state index contributed by atoms with van der Waals surface area (Å²) in [6.45, 7) is 3.20. The molecule has 1 amide bonds. The lowest BCUT2D eigenvalue weighted by Gasteiger charge is -2.31. The van der Waals surface area contributed by atoms with Gasteiger partial charge in [0.2, 0.25) is 11.7 Å². The highest BCUT2D eigenvalue weighted by Gasteiger charge is 2.29. The van der Waals surface area contributed by atoms with Crippen LogP contribution in [-0.4, -0.2) is 57.8 Å². The number of piperidine rings is 1. The number of amides is 1. The maximum absolute atomic E-state index is 12.7. The second kappa shape index (κ2) is 9.31. The Labute approximate surface area is 154 Å². The molecule has 0 unspecified atom stereocenters. The lowest BCUT2D eigenvalue weighted by molar-refractivity contribution is -0.151. The van der Waals surface area contributed by atoms with Gasteiger partial charge in [0, 0.05) is 13.1 Å². The van der Waals surface area contributed by atoms with Gasteiger partial charge in [0.25, 0.3) is 0 Å². The van der Waals surface area contributed by atoms with Crippen molar-refractivity contribution < 1.29 is 28.5 Å². The standard InChI is InChI=1S/C19H27NO6/c1-5-26-19(22)14-7-6-8-20(12-14)17(21)11-13-9-15(23-2)18(25-4)16(10-13)24-3/h9-10,14H,5-8,11-12H2,1-4H3/t14-/m0/s1. The van der Waals surface area contributed by atoms with Crippen LogP contribution in [-0.2, 0) is 20.7 Å². The third kappa shape index (κ3) is 4.59. The van der Waals surface area contributed by atoms with Gasteiger partial charge >= 0.3 is 5.97 Å². The maximum Gasteiger partial charge on any atom is 0.310 e. The number of hydrogen-bond acceptors (Lipinski definition) is 6. The molecule has 1 aliphatic rings. The van der Waals surface area contributed by atoms with Gasteiger partial charge in [0.1, 0.15) is 0 Å². The molecule has 2 rings (SSSR count). The van der Waals surface area contributed by atoms with Crippen LogP contribution < -0.4 is 14.2 Å². The fourth-order valence-corrected chi connectivity index (χ4v) is 3.18. The molecule has 1 atom stereocenters. The molecule has 1 aromatic rings. The number of benzene rings is 1. The monoisotopic (exact) mass is 365 g/mol. The van der Waals surface area contributed by atoms with Crippen LogP contribution in [0.25, 0.3) is 0 Å². The van der Waals surface area contributed by atoms with Crippen LogP contribution in [0.1, 0.15) is 25.3 Å². The van der Waals surface area contributed by atoms with E-state index in [9.17, 15) is 9.59 Å². The number of ether oxygens (including phenoxy) is 4. The van der Waals surface area contributed by atoms with Gasteiger partial charge < -0.3 is 23.8 Å². The maximum atomic E-state index is 12.7. The number of methoxy groups -OCH3 is 3. The number of esters is 1. The molecule has 0 saturated carbocycles. The summed E-state index contributed by atoms with van der Waals surface area (Å²) in [5.74, 6) is 1.01. The quantitative estimate of drug-likeness (QED) is 0.689. The van der Waals surface area contributed by atoms with Crippen LogP contribution >= 0.6 is 0 Å². The van der Waals surface area contributed by atoms with E-state index in [4.69, 9.17) is 18.9 Å². The first-order valence-electron chi connectivity index (χ1n) is 8.77. The van der Waals surface area contributed by atoms with Gasteiger partial charge in [-0.25, -0.2) is 0 Å². The van der Waals surface area contributed by atoms with Crippen molar-refractivity contribution in [3.8, 4) is 17.2 Å². The molecule has 1 aliphatic heterocycles. The van der Waals surface area contributed by atoms with Crippen molar-refractivity contribution in [1.29, 1.82) is 0 Å². The number of hydrogen-bond donors (Lipinski definition) is 0. The van der Waals surface area contributed by atoms with E-state index in [0.717, 1.165) is 18.4 Å². The molecule has 1 aromatic carbocycles. The Hall–Kier alpha value is -2.44. The van der Waals surface area contributed by atoms with Crippen molar-refractivity contribution in [1.82, 2.24) is 4.90 Å². The van der Waals surface area contributed by atoms with Crippen LogP contribution in [0.15, 0.2) is 12.1 Å². The van der Waals surface area contributed by atoms with E-state index in [1.54, 1.807) is 24.0 Å². The third-order valence-electron chi connectivity index (χ3n) is 4.47. The van der Waals surface area contributed by atoms with E-state index in [1.165, 1.54) is 21.3 Å². The first kappa shape index (κ1) is 19.9. The first-order valence-corrected chi connectivity index (χ1v) is 8.77. The summed E-state index contributed by atoms with van der Waals surface area (Å²) < 4.78 is 21.1. The van der Waals surface area contributed by atoms with Gasteiger partial charge in [-0.05, 0) is 37.5 Å². The molecule has 1 fully saturated rings. The fourth-order valence-electron chi connectivity index (χ4n) is 3.18. The molecule has 144 valence electrons. The highest BCUT2D eigenvalue weighted by atomic mass is 16.5. The van der Waals surface area contributed by atoms with Crippen LogP contribution in [0.4, 0.5) is 0 Å². The van der Waals surface area contributed by atoms with Crippen molar-refractivity contribution in [2.75, 3.05) is 41.0 Å². The Morgan fingerprint density at radius 3 is 2.31 bits per heavy atom. The van der Waals surface area contributed by atoms with E-state index in [0.29, 0.717) is 36.9 Å². The Kier molecular flexibility index (Phi) is 7.12. The molecule has 1 saturated heterocycles. The predicted octanol–water partition coefficient (Wildman–Crippen LogP) is 2.06. The average molecular weight is 365 g/mol. The van der Waals surface area contributed by atoms with Gasteiger partial charge in [-0.15, -0.1) is 0 Å². The number of carbonyl (C=O) groups is 2. The van der Waals surface area contributed by atoms with Gasteiger partial charge in [0.05, 0.1) is 40.3 Å². The van der Waals surface area contributed by atoms with Crippen molar-refractivity contribution in [2.24, 2.45) is 5.92 Å². The second-order valence-electron chi connectivity index (χ2n) is 6.14. The van der Waals surface area contributed by atoms with Gasteiger partial charge in [0.15, 0.2) is 11.5 Å². The number of rotatable bonds is 7. The van der Waals surface area contributed by atoms with Gasteiger partial charge in [-0.3, -0.25) is 9.59 Å². The molecule has 7 nitrogen and oxygen atoms in total. The van der Waals surface area contributed by atoms with Crippen molar-refractivity contribution in [3.05, 3.63) is 17.7 Å². The molecule has 1 heterocycles. The van der Waals surface area contributed by atoms with E-state index in [-0.39, 0.29) is 24.2 Å². The number of carbonyl (C=O) groups excluding carboxylic acids is 2. The summed E-state index contributed by atoms with van der Waals surface area (Å²) in [5.41, 5.74) is 0.766. The lowest BCUT2D eigenvalue weighted by Crippen LogP contribution is -2.43. The molecule has 7 heteroatoms. The van der Waals surface area contributed by atoms with Crippen molar-refractivity contribution in [3.63, 3.8) is 0 Å². The Morgan fingerprint density at radius 2 is 1.77 bits per heavy atom. The lowest BCUT2D eigenvalue weighted by atomic mass is 9.97. The smallest absolute Gasteiger partial charge is 0.310 e. The Morgan fingerprint density at radius 1 is 1.12 bits per heavy atom. The predicted molar refractivity (Wildman–Crippen MR) is 95.7 cm³/mol.